The predicted molar refractivity (Wildman–Crippen MR) is 80.6 cm³/mol. The van der Waals surface area contributed by atoms with Crippen molar-refractivity contribution in [2.24, 2.45) is 0 Å². The molecule has 0 aromatic carbocycles. The van der Waals surface area contributed by atoms with E-state index in [1.807, 2.05) is 19.0 Å². The summed E-state index contributed by atoms with van der Waals surface area (Å²) in [5, 5.41) is 2.73. The first kappa shape index (κ1) is 17.9. The molecular formula is C13H25N3O4S. The lowest BCUT2D eigenvalue weighted by Gasteiger charge is -2.23. The molecule has 0 spiro atoms. The maximum atomic E-state index is 11.8. The number of rotatable bonds is 7. The molecule has 0 radical (unpaired) electrons. The van der Waals surface area contributed by atoms with Gasteiger partial charge in [0.05, 0.1) is 11.5 Å². The van der Waals surface area contributed by atoms with E-state index in [9.17, 15) is 18.0 Å². The van der Waals surface area contributed by atoms with Crippen LogP contribution in [0, 0.1) is 0 Å². The van der Waals surface area contributed by atoms with E-state index >= 15 is 0 Å². The monoisotopic (exact) mass is 319 g/mol. The van der Waals surface area contributed by atoms with Crippen molar-refractivity contribution >= 4 is 21.7 Å². The Balaban J connectivity index is 2.34. The van der Waals surface area contributed by atoms with E-state index in [1.165, 1.54) is 6.92 Å². The highest BCUT2D eigenvalue weighted by Crippen LogP contribution is 2.11. The maximum absolute atomic E-state index is 11.8. The summed E-state index contributed by atoms with van der Waals surface area (Å²) in [6, 6.07) is -0.282. The van der Waals surface area contributed by atoms with Gasteiger partial charge in [-0.1, -0.05) is 0 Å². The van der Waals surface area contributed by atoms with Crippen LogP contribution >= 0.6 is 0 Å². The molecule has 0 saturated carbocycles. The summed E-state index contributed by atoms with van der Waals surface area (Å²) in [5.41, 5.74) is 0. The summed E-state index contributed by atoms with van der Waals surface area (Å²) in [6.07, 6.45) is 0.675. The minimum Gasteiger partial charge on any atom is -0.352 e. The molecule has 0 bridgehead atoms. The molecule has 1 atom stereocenters. The first-order valence-electron chi connectivity index (χ1n) is 7.09. The normalized spacial score (nSPS) is 20.5. The van der Waals surface area contributed by atoms with Gasteiger partial charge in [0.15, 0.2) is 9.84 Å². The second kappa shape index (κ2) is 7.74. The molecule has 1 aliphatic heterocycles. The van der Waals surface area contributed by atoms with Crippen LogP contribution in [0.3, 0.4) is 0 Å². The fourth-order valence-electron chi connectivity index (χ4n) is 2.19. The van der Waals surface area contributed by atoms with Crippen molar-refractivity contribution in [2.75, 3.05) is 45.2 Å². The van der Waals surface area contributed by atoms with Crippen molar-refractivity contribution in [3.05, 3.63) is 0 Å². The van der Waals surface area contributed by atoms with Crippen molar-refractivity contribution in [2.45, 2.75) is 25.8 Å². The van der Waals surface area contributed by atoms with Crippen molar-refractivity contribution in [3.63, 3.8) is 0 Å². The summed E-state index contributed by atoms with van der Waals surface area (Å²) in [4.78, 5) is 26.9. The van der Waals surface area contributed by atoms with Gasteiger partial charge in [-0.25, -0.2) is 8.42 Å². The fraction of sp³-hybridized carbons (Fsp3) is 0.846. The van der Waals surface area contributed by atoms with E-state index in [0.29, 0.717) is 19.5 Å². The molecule has 0 aliphatic carbocycles. The Bertz CT molecular complexity index is 476. The lowest BCUT2D eigenvalue weighted by atomic mass is 10.2. The molecule has 1 saturated heterocycles. The van der Waals surface area contributed by atoms with Crippen molar-refractivity contribution in [1.29, 1.82) is 0 Å². The van der Waals surface area contributed by atoms with Crippen LogP contribution < -0.4 is 5.32 Å². The van der Waals surface area contributed by atoms with Gasteiger partial charge in [-0.2, -0.15) is 0 Å². The minimum atomic E-state index is -2.99. The second-order valence-electron chi connectivity index (χ2n) is 5.73. The molecule has 1 heterocycles. The Hall–Kier alpha value is -1.15. The zero-order chi connectivity index (χ0) is 16.0. The highest BCUT2D eigenvalue weighted by Gasteiger charge is 2.28. The Kier molecular flexibility index (Phi) is 6.60. The average molecular weight is 319 g/mol. The van der Waals surface area contributed by atoms with Gasteiger partial charge in [-0.05, 0) is 20.5 Å². The molecule has 0 aromatic rings. The molecule has 122 valence electrons. The van der Waals surface area contributed by atoms with Gasteiger partial charge in [-0.15, -0.1) is 0 Å². The lowest BCUT2D eigenvalue weighted by Crippen LogP contribution is -2.40. The molecule has 21 heavy (non-hydrogen) atoms. The van der Waals surface area contributed by atoms with E-state index in [0.717, 1.165) is 6.54 Å². The Morgan fingerprint density at radius 3 is 2.33 bits per heavy atom. The number of nitrogens with zero attached hydrogens (tertiary/aromatic N) is 2. The number of nitrogens with one attached hydrogen (secondary N) is 1. The average Bonchev–Trinajstić information content (AvgIpc) is 2.67. The Labute approximate surface area is 126 Å². The summed E-state index contributed by atoms with van der Waals surface area (Å²) in [5.74, 6) is -0.0998. The fourth-order valence-corrected chi connectivity index (χ4v) is 3.87. The molecular weight excluding hydrogens is 294 g/mol. The minimum absolute atomic E-state index is 0.0236. The van der Waals surface area contributed by atoms with E-state index in [2.05, 4.69) is 5.32 Å². The number of carbonyl (C=O) groups is 2. The zero-order valence-corrected chi connectivity index (χ0v) is 13.8. The third-order valence-electron chi connectivity index (χ3n) is 3.47. The third kappa shape index (κ3) is 6.90. The summed E-state index contributed by atoms with van der Waals surface area (Å²) in [7, 11) is 0.856. The van der Waals surface area contributed by atoms with Gasteiger partial charge >= 0.3 is 0 Å². The molecule has 2 amide bonds. The van der Waals surface area contributed by atoms with Gasteiger partial charge in [0.1, 0.15) is 0 Å². The van der Waals surface area contributed by atoms with Crippen molar-refractivity contribution < 1.29 is 18.0 Å². The molecule has 1 fully saturated rings. The summed E-state index contributed by atoms with van der Waals surface area (Å²) < 4.78 is 22.6. The second-order valence-corrected chi connectivity index (χ2v) is 7.96. The smallest absolute Gasteiger partial charge is 0.222 e. The molecule has 1 unspecified atom stereocenters. The standard InChI is InChI=1S/C13H25N3O4S/c1-11(17)16(8-7-15(2)3)6-4-13(18)14-12-5-9-21(19,20)10-12/h12H,4-10H2,1-3H3,(H,14,18). The van der Waals surface area contributed by atoms with Gasteiger partial charge in [0.2, 0.25) is 11.8 Å². The van der Waals surface area contributed by atoms with E-state index < -0.39 is 9.84 Å². The molecule has 1 N–H and O–H groups in total. The van der Waals surface area contributed by atoms with Crippen LogP contribution in [0.2, 0.25) is 0 Å². The van der Waals surface area contributed by atoms with Crippen LogP contribution in [0.25, 0.3) is 0 Å². The Morgan fingerprint density at radius 1 is 1.19 bits per heavy atom. The van der Waals surface area contributed by atoms with Crippen LogP contribution in [-0.4, -0.2) is 81.3 Å². The quantitative estimate of drug-likeness (QED) is 0.656. The Morgan fingerprint density at radius 2 is 1.86 bits per heavy atom. The molecule has 0 aromatic heterocycles. The molecule has 7 nitrogen and oxygen atoms in total. The van der Waals surface area contributed by atoms with Gasteiger partial charge in [-0.3, -0.25) is 9.59 Å². The number of likely N-dealkylation sites (N-methyl/N-ethyl adjacent to an activating group) is 1. The first-order chi connectivity index (χ1) is 9.69. The number of carbonyl (C=O) groups excluding carboxylic acids is 2. The lowest BCUT2D eigenvalue weighted by molar-refractivity contribution is -0.129. The highest BCUT2D eigenvalue weighted by molar-refractivity contribution is 7.91. The largest absolute Gasteiger partial charge is 0.352 e. The van der Waals surface area contributed by atoms with Crippen LogP contribution in [-0.2, 0) is 19.4 Å². The van der Waals surface area contributed by atoms with E-state index in [4.69, 9.17) is 0 Å². The third-order valence-corrected chi connectivity index (χ3v) is 5.24. The summed E-state index contributed by atoms with van der Waals surface area (Å²) >= 11 is 0. The number of amides is 2. The molecule has 1 rings (SSSR count). The first-order valence-corrected chi connectivity index (χ1v) is 8.92. The van der Waals surface area contributed by atoms with Gasteiger partial charge in [0, 0.05) is 39.0 Å². The van der Waals surface area contributed by atoms with E-state index in [1.54, 1.807) is 4.90 Å². The maximum Gasteiger partial charge on any atom is 0.222 e. The van der Waals surface area contributed by atoms with Gasteiger partial charge < -0.3 is 15.1 Å². The number of hydrogen-bond donors (Lipinski definition) is 1. The van der Waals surface area contributed by atoms with Crippen molar-refractivity contribution in [3.8, 4) is 0 Å². The van der Waals surface area contributed by atoms with Crippen LogP contribution in [0.5, 0.6) is 0 Å². The van der Waals surface area contributed by atoms with E-state index in [-0.39, 0.29) is 35.8 Å². The molecule has 1 aliphatic rings. The number of hydrogen-bond acceptors (Lipinski definition) is 5. The topological polar surface area (TPSA) is 86.8 Å². The molecule has 8 heteroatoms. The zero-order valence-electron chi connectivity index (χ0n) is 13.0. The van der Waals surface area contributed by atoms with Gasteiger partial charge in [0.25, 0.3) is 0 Å². The van der Waals surface area contributed by atoms with Crippen molar-refractivity contribution in [1.82, 2.24) is 15.1 Å². The summed E-state index contributed by atoms with van der Waals surface area (Å²) in [6.45, 7) is 3.15. The SMILES string of the molecule is CC(=O)N(CCC(=O)NC1CCS(=O)(=O)C1)CCN(C)C. The highest BCUT2D eigenvalue weighted by atomic mass is 32.2. The van der Waals surface area contributed by atoms with Crippen LogP contribution in [0.4, 0.5) is 0 Å². The van der Waals surface area contributed by atoms with Crippen LogP contribution in [0.1, 0.15) is 19.8 Å². The predicted octanol–water partition coefficient (Wildman–Crippen LogP) is -0.910. The number of sulfone groups is 1. The van der Waals surface area contributed by atoms with Crippen LogP contribution in [0.15, 0.2) is 0 Å².